The zero-order valence-corrected chi connectivity index (χ0v) is 17.0. The zero-order valence-electron chi connectivity index (χ0n) is 16.0. The smallest absolute Gasteiger partial charge is 0.250 e. The average Bonchev–Trinajstić information content (AvgIpc) is 2.47. The number of carbonyl (C=O) groups excluding carboxylic acids is 1. The van der Waals surface area contributed by atoms with Gasteiger partial charge in [0.2, 0.25) is 14.2 Å². The summed E-state index contributed by atoms with van der Waals surface area (Å²) in [6, 6.07) is 0.258. The average molecular weight is 340 g/mol. The quantitative estimate of drug-likeness (QED) is 0.522. The van der Waals surface area contributed by atoms with Crippen LogP contribution in [0.3, 0.4) is 0 Å². The molecule has 0 aromatic carbocycles. The second kappa shape index (κ2) is 7.69. The third-order valence-electron chi connectivity index (χ3n) is 6.30. The number of hydrogen-bond acceptors (Lipinski definition) is 2. The Morgan fingerprint density at radius 1 is 1.00 bits per heavy atom. The number of amides is 1. The predicted octanol–water partition coefficient (Wildman–Crippen LogP) is 5.02. The molecule has 2 rings (SSSR count). The summed E-state index contributed by atoms with van der Waals surface area (Å²) in [6.07, 6.45) is 7.71. The van der Waals surface area contributed by atoms with E-state index in [1.165, 1.54) is 32.1 Å². The molecule has 1 saturated heterocycles. The Hall–Kier alpha value is -0.353. The van der Waals surface area contributed by atoms with Crippen molar-refractivity contribution in [2.75, 3.05) is 0 Å². The first-order valence-corrected chi connectivity index (χ1v) is 11.9. The molecular weight excluding hydrogens is 302 g/mol. The molecule has 1 N–H and O–H groups in total. The highest BCUT2D eigenvalue weighted by Gasteiger charge is 2.52. The van der Waals surface area contributed by atoms with E-state index >= 15 is 0 Å². The molecule has 0 aromatic heterocycles. The minimum Gasteiger partial charge on any atom is -0.402 e. The molecule has 0 bridgehead atoms. The molecule has 2 fully saturated rings. The highest BCUT2D eigenvalue weighted by molar-refractivity contribution is 6.77. The van der Waals surface area contributed by atoms with Gasteiger partial charge in [-0.15, -0.1) is 0 Å². The molecule has 1 aliphatic heterocycles. The third kappa shape index (κ3) is 3.84. The van der Waals surface area contributed by atoms with Gasteiger partial charge in [0.05, 0.1) is 6.04 Å². The van der Waals surface area contributed by atoms with Crippen LogP contribution in [0.5, 0.6) is 0 Å². The molecule has 0 unspecified atom stereocenters. The number of rotatable bonds is 7. The lowest BCUT2D eigenvalue weighted by molar-refractivity contribution is -0.142. The first kappa shape index (κ1) is 19.0. The van der Waals surface area contributed by atoms with E-state index < -0.39 is 8.32 Å². The van der Waals surface area contributed by atoms with Gasteiger partial charge in [-0.25, -0.2) is 0 Å². The molecule has 3 nitrogen and oxygen atoms in total. The summed E-state index contributed by atoms with van der Waals surface area (Å²) in [4.78, 5) is 12.2. The normalized spacial score (nSPS) is 26.7. The Bertz CT molecular complexity index is 380. The fourth-order valence-corrected chi connectivity index (χ4v) is 10.7. The zero-order chi connectivity index (χ0) is 17.2. The summed E-state index contributed by atoms with van der Waals surface area (Å²) >= 11 is 0. The third-order valence-corrected chi connectivity index (χ3v) is 12.4. The van der Waals surface area contributed by atoms with E-state index in [-0.39, 0.29) is 18.1 Å². The number of hydrogen-bond donors (Lipinski definition) is 1. The molecule has 1 aliphatic carbocycles. The molecule has 1 heterocycles. The van der Waals surface area contributed by atoms with Gasteiger partial charge in [-0.2, -0.15) is 0 Å². The van der Waals surface area contributed by atoms with E-state index in [0.29, 0.717) is 16.6 Å². The summed E-state index contributed by atoms with van der Waals surface area (Å²) in [6.45, 7) is 13.7. The van der Waals surface area contributed by atoms with Crippen LogP contribution in [0.2, 0.25) is 16.6 Å². The Balaban J connectivity index is 2.06. The molecule has 0 aromatic rings. The second-order valence-electron chi connectivity index (χ2n) is 8.71. The Morgan fingerprint density at radius 3 is 1.96 bits per heavy atom. The van der Waals surface area contributed by atoms with Gasteiger partial charge in [-0.3, -0.25) is 4.79 Å². The fourth-order valence-electron chi connectivity index (χ4n) is 5.16. The molecule has 1 saturated carbocycles. The molecule has 23 heavy (non-hydrogen) atoms. The van der Waals surface area contributed by atoms with Gasteiger partial charge >= 0.3 is 0 Å². The van der Waals surface area contributed by atoms with Gasteiger partial charge in [0.25, 0.3) is 0 Å². The van der Waals surface area contributed by atoms with Crippen LogP contribution in [-0.2, 0) is 9.22 Å². The van der Waals surface area contributed by atoms with Crippen LogP contribution in [-0.4, -0.2) is 26.4 Å². The van der Waals surface area contributed by atoms with Crippen molar-refractivity contribution in [2.45, 2.75) is 109 Å². The number of nitrogens with one attached hydrogen (secondary N) is 1. The van der Waals surface area contributed by atoms with E-state index in [0.717, 1.165) is 12.3 Å². The molecule has 134 valence electrons. The van der Waals surface area contributed by atoms with E-state index in [1.807, 2.05) is 0 Å². The van der Waals surface area contributed by atoms with Crippen molar-refractivity contribution < 1.29 is 9.22 Å². The molecule has 2 aliphatic rings. The second-order valence-corrected chi connectivity index (χ2v) is 14.1. The lowest BCUT2D eigenvalue weighted by atomic mass is 9.82. The van der Waals surface area contributed by atoms with Crippen molar-refractivity contribution in [2.24, 2.45) is 5.92 Å². The molecule has 0 spiro atoms. The van der Waals surface area contributed by atoms with Crippen LogP contribution in [0, 0.1) is 5.92 Å². The van der Waals surface area contributed by atoms with Gasteiger partial charge in [0.1, 0.15) is 6.10 Å². The monoisotopic (exact) mass is 339 g/mol. The van der Waals surface area contributed by atoms with Crippen molar-refractivity contribution in [1.82, 2.24) is 5.32 Å². The first-order valence-electron chi connectivity index (χ1n) is 9.77. The van der Waals surface area contributed by atoms with Gasteiger partial charge in [-0.1, -0.05) is 73.6 Å². The molecular formula is C19H37NO2Si. The molecule has 1 amide bonds. The fraction of sp³-hybridized carbons (Fsp3) is 0.947. The van der Waals surface area contributed by atoms with Gasteiger partial charge in [0.15, 0.2) is 0 Å². The maximum atomic E-state index is 12.2. The Labute approximate surface area is 144 Å². The number of carbonyl (C=O) groups is 1. The molecule has 0 radical (unpaired) electrons. The topological polar surface area (TPSA) is 38.3 Å². The largest absolute Gasteiger partial charge is 0.402 e. The number of β-lactam (4-membered cyclic amide) rings is 1. The van der Waals surface area contributed by atoms with E-state index in [9.17, 15) is 4.79 Å². The lowest BCUT2D eigenvalue weighted by Gasteiger charge is -2.49. The van der Waals surface area contributed by atoms with Crippen LogP contribution < -0.4 is 5.32 Å². The van der Waals surface area contributed by atoms with E-state index in [1.54, 1.807) is 0 Å². The van der Waals surface area contributed by atoms with Crippen molar-refractivity contribution in [3.05, 3.63) is 0 Å². The minimum absolute atomic E-state index is 0.129. The van der Waals surface area contributed by atoms with Crippen LogP contribution in [0.1, 0.15) is 80.1 Å². The maximum absolute atomic E-state index is 12.2. The molecule has 4 heteroatoms. The summed E-state index contributed by atoms with van der Waals surface area (Å²) in [7, 11) is -1.97. The first-order chi connectivity index (χ1) is 10.8. The van der Waals surface area contributed by atoms with Crippen LogP contribution in [0.15, 0.2) is 0 Å². The van der Waals surface area contributed by atoms with Crippen molar-refractivity contribution >= 4 is 14.2 Å². The van der Waals surface area contributed by atoms with Crippen molar-refractivity contribution in [3.8, 4) is 0 Å². The summed E-state index contributed by atoms with van der Waals surface area (Å²) in [5.41, 5.74) is 1.60. The predicted molar refractivity (Wildman–Crippen MR) is 99.0 cm³/mol. The Morgan fingerprint density at radius 2 is 1.52 bits per heavy atom. The molecule has 2 atom stereocenters. The summed E-state index contributed by atoms with van der Waals surface area (Å²) in [5.74, 6) is 0.915. The van der Waals surface area contributed by atoms with Crippen LogP contribution >= 0.6 is 0 Å². The highest BCUT2D eigenvalue weighted by Crippen LogP contribution is 2.44. The summed E-state index contributed by atoms with van der Waals surface area (Å²) < 4.78 is 6.75. The van der Waals surface area contributed by atoms with E-state index in [4.69, 9.17) is 4.43 Å². The van der Waals surface area contributed by atoms with Gasteiger partial charge in [0, 0.05) is 0 Å². The maximum Gasteiger partial charge on any atom is 0.250 e. The van der Waals surface area contributed by atoms with Crippen LogP contribution in [0.25, 0.3) is 0 Å². The minimum atomic E-state index is -1.97. The highest BCUT2D eigenvalue weighted by atomic mass is 28.4. The van der Waals surface area contributed by atoms with Crippen LogP contribution in [0.4, 0.5) is 0 Å². The van der Waals surface area contributed by atoms with Gasteiger partial charge in [-0.05, 0) is 29.0 Å². The lowest BCUT2D eigenvalue weighted by Crippen LogP contribution is -2.68. The van der Waals surface area contributed by atoms with Crippen molar-refractivity contribution in [1.29, 1.82) is 0 Å². The van der Waals surface area contributed by atoms with Gasteiger partial charge < -0.3 is 9.74 Å². The van der Waals surface area contributed by atoms with Crippen molar-refractivity contribution in [3.63, 3.8) is 0 Å². The summed E-state index contributed by atoms with van der Waals surface area (Å²) in [5, 5.41) is 3.14. The SMILES string of the molecule is CC(C)[Si](O[C@H]1C(=O)N[C@H]1CC1CCCCC1)(C(C)C)C(C)C. The Kier molecular flexibility index (Phi) is 6.34. The van der Waals surface area contributed by atoms with E-state index in [2.05, 4.69) is 46.9 Å². The standard InChI is InChI=1S/C19H37NO2Si/c1-13(2)23(14(3)4,15(5)6)22-18-17(20-19(18)21)12-16-10-8-7-9-11-16/h13-18H,7-12H2,1-6H3,(H,20,21)/t17-,18+/m0/s1.